The van der Waals surface area contributed by atoms with Crippen LogP contribution < -0.4 is 11.3 Å². The van der Waals surface area contributed by atoms with Crippen molar-refractivity contribution in [2.24, 2.45) is 5.73 Å². The minimum absolute atomic E-state index is 0.0833. The van der Waals surface area contributed by atoms with Gasteiger partial charge >= 0.3 is 12.1 Å². The van der Waals surface area contributed by atoms with Gasteiger partial charge in [-0.05, 0) is 37.3 Å². The molecule has 0 fully saturated rings. The second-order valence-corrected chi connectivity index (χ2v) is 7.06. The molecule has 0 radical (unpaired) electrons. The van der Waals surface area contributed by atoms with Crippen molar-refractivity contribution in [3.05, 3.63) is 80.7 Å². The Hall–Kier alpha value is -3.37. The molecule has 0 saturated heterocycles. The maximum Gasteiger partial charge on any atom is 0.417 e. The van der Waals surface area contributed by atoms with Crippen molar-refractivity contribution in [3.63, 3.8) is 0 Å². The lowest BCUT2D eigenvalue weighted by Crippen LogP contribution is -2.25. The highest BCUT2D eigenvalue weighted by Gasteiger charge is 2.34. The van der Waals surface area contributed by atoms with Crippen molar-refractivity contribution in [3.8, 4) is 0 Å². The van der Waals surface area contributed by atoms with Gasteiger partial charge in [0.1, 0.15) is 0 Å². The standard InChI is InChI=1S/C13H12ClNO4.C8H6F3NO/c1-7(6-16)15-5-4-8-9(12(15)17)2-3-10(14)11(8)13(18)19;9-8(10,11)6-4-2-1-3-5(6)7(12)13/h2-5,7,16H,6H2,1H3,(H,18,19);1-4H,(H2,12,13). The van der Waals surface area contributed by atoms with E-state index >= 15 is 0 Å². The summed E-state index contributed by atoms with van der Waals surface area (Å²) in [6.45, 7) is 1.52. The first-order valence-electron chi connectivity index (χ1n) is 9.03. The van der Waals surface area contributed by atoms with Crippen LogP contribution in [-0.4, -0.2) is 33.3 Å². The lowest BCUT2D eigenvalue weighted by Gasteiger charge is -2.13. The van der Waals surface area contributed by atoms with Crippen LogP contribution >= 0.6 is 11.6 Å². The van der Waals surface area contributed by atoms with E-state index in [4.69, 9.17) is 27.5 Å². The molecule has 0 bridgehead atoms. The number of carboxylic acids is 1. The molecule has 1 atom stereocenters. The van der Waals surface area contributed by atoms with Crippen LogP contribution in [0.25, 0.3) is 10.8 Å². The summed E-state index contributed by atoms with van der Waals surface area (Å²) < 4.78 is 38.0. The third-order valence-corrected chi connectivity index (χ3v) is 4.83. The van der Waals surface area contributed by atoms with Crippen molar-refractivity contribution in [1.29, 1.82) is 0 Å². The van der Waals surface area contributed by atoms with Crippen LogP contribution in [0.5, 0.6) is 0 Å². The molecule has 0 saturated carbocycles. The topological polar surface area (TPSA) is 123 Å². The number of aliphatic hydroxyl groups is 1. The predicted molar refractivity (Wildman–Crippen MR) is 112 cm³/mol. The number of aromatic carboxylic acids is 1. The Morgan fingerprint density at radius 2 is 1.75 bits per heavy atom. The number of aromatic nitrogens is 1. The molecule has 0 spiro atoms. The molecule has 3 aromatic rings. The maximum atomic E-state index is 12.2. The molecule has 1 amide bonds. The number of hydrogen-bond donors (Lipinski definition) is 3. The second kappa shape index (κ2) is 9.84. The van der Waals surface area contributed by atoms with Gasteiger partial charge in [-0.2, -0.15) is 13.2 Å². The Morgan fingerprint density at radius 1 is 1.12 bits per heavy atom. The summed E-state index contributed by atoms with van der Waals surface area (Å²) in [6, 6.07) is 8.44. The zero-order valence-electron chi connectivity index (χ0n) is 16.6. The number of alkyl halides is 3. The van der Waals surface area contributed by atoms with Gasteiger partial charge < -0.3 is 20.5 Å². The van der Waals surface area contributed by atoms with Gasteiger partial charge in [0.05, 0.1) is 34.4 Å². The van der Waals surface area contributed by atoms with Gasteiger partial charge in [-0.25, -0.2) is 4.79 Å². The zero-order valence-corrected chi connectivity index (χ0v) is 17.3. The van der Waals surface area contributed by atoms with E-state index < -0.39 is 29.2 Å². The SMILES string of the molecule is CC(CO)n1ccc2c(C(=O)O)c(Cl)ccc2c1=O.NC(=O)c1ccccc1C(F)(F)F. The third-order valence-electron chi connectivity index (χ3n) is 4.51. The molecule has 32 heavy (non-hydrogen) atoms. The smallest absolute Gasteiger partial charge is 0.417 e. The highest BCUT2D eigenvalue weighted by atomic mass is 35.5. The highest BCUT2D eigenvalue weighted by molar-refractivity contribution is 6.35. The maximum absolute atomic E-state index is 12.2. The lowest BCUT2D eigenvalue weighted by atomic mass is 10.1. The summed E-state index contributed by atoms with van der Waals surface area (Å²) in [6.07, 6.45) is -3.07. The van der Waals surface area contributed by atoms with E-state index in [0.717, 1.165) is 12.1 Å². The summed E-state index contributed by atoms with van der Waals surface area (Å²) in [4.78, 5) is 34.0. The Labute approximate surface area is 184 Å². The molecule has 11 heteroatoms. The van der Waals surface area contributed by atoms with Gasteiger partial charge in [0.15, 0.2) is 0 Å². The number of pyridine rings is 1. The lowest BCUT2D eigenvalue weighted by molar-refractivity contribution is -0.137. The van der Waals surface area contributed by atoms with E-state index in [2.05, 4.69) is 0 Å². The van der Waals surface area contributed by atoms with Gasteiger partial charge in [-0.15, -0.1) is 0 Å². The van der Waals surface area contributed by atoms with Crippen LogP contribution in [0.15, 0.2) is 53.5 Å². The number of rotatable bonds is 4. The molecule has 3 rings (SSSR count). The number of benzene rings is 2. The van der Waals surface area contributed by atoms with Crippen LogP contribution in [0.1, 0.15) is 39.2 Å². The normalized spacial score (nSPS) is 12.1. The molecule has 7 nitrogen and oxygen atoms in total. The number of nitrogens with zero attached hydrogens (tertiary/aromatic N) is 1. The molecule has 2 aromatic carbocycles. The number of carbonyl (C=O) groups is 2. The summed E-state index contributed by atoms with van der Waals surface area (Å²) in [7, 11) is 0. The number of primary amides is 1. The minimum atomic E-state index is -4.54. The third kappa shape index (κ3) is 5.27. The van der Waals surface area contributed by atoms with Crippen LogP contribution in [0.3, 0.4) is 0 Å². The van der Waals surface area contributed by atoms with E-state index in [1.165, 1.54) is 41.1 Å². The average Bonchev–Trinajstić information content (AvgIpc) is 2.72. The van der Waals surface area contributed by atoms with Crippen LogP contribution in [-0.2, 0) is 6.18 Å². The van der Waals surface area contributed by atoms with E-state index in [1.54, 1.807) is 6.92 Å². The van der Waals surface area contributed by atoms with Gasteiger partial charge in [-0.1, -0.05) is 23.7 Å². The Morgan fingerprint density at radius 3 is 2.25 bits per heavy atom. The average molecular weight is 471 g/mol. The molecule has 1 unspecified atom stereocenters. The Balaban J connectivity index is 0.000000244. The van der Waals surface area contributed by atoms with Crippen molar-refractivity contribution in [1.82, 2.24) is 4.57 Å². The van der Waals surface area contributed by atoms with Gasteiger partial charge in [0.2, 0.25) is 5.91 Å². The fraction of sp³-hybridized carbons (Fsp3) is 0.190. The number of carbonyl (C=O) groups excluding carboxylic acids is 1. The second-order valence-electron chi connectivity index (χ2n) is 6.66. The first kappa shape index (κ1) is 24.9. The summed E-state index contributed by atoms with van der Waals surface area (Å²) in [5, 5.41) is 18.9. The number of halogens is 4. The van der Waals surface area contributed by atoms with Crippen molar-refractivity contribution < 1.29 is 33.0 Å². The van der Waals surface area contributed by atoms with Crippen molar-refractivity contribution >= 4 is 34.2 Å². The van der Waals surface area contributed by atoms with Crippen LogP contribution in [0, 0.1) is 0 Å². The molecular formula is C21H18ClF3N2O5. The molecule has 4 N–H and O–H groups in total. The van der Waals surface area contributed by atoms with Crippen LogP contribution in [0.2, 0.25) is 5.02 Å². The molecule has 170 valence electrons. The predicted octanol–water partition coefficient (Wildman–Crippen LogP) is 3.71. The van der Waals surface area contributed by atoms with E-state index in [0.29, 0.717) is 5.39 Å². The molecular weight excluding hydrogens is 453 g/mol. The number of amides is 1. The largest absolute Gasteiger partial charge is 0.478 e. The summed E-state index contributed by atoms with van der Waals surface area (Å²) in [5.41, 5.74) is 2.84. The fourth-order valence-electron chi connectivity index (χ4n) is 2.91. The minimum Gasteiger partial charge on any atom is -0.478 e. The Bertz CT molecular complexity index is 1220. The molecule has 1 heterocycles. The monoisotopic (exact) mass is 470 g/mol. The van der Waals surface area contributed by atoms with Crippen LogP contribution in [0.4, 0.5) is 13.2 Å². The quantitative estimate of drug-likeness (QED) is 0.536. The summed E-state index contributed by atoms with van der Waals surface area (Å²) >= 11 is 5.85. The van der Waals surface area contributed by atoms with E-state index in [1.807, 2.05) is 0 Å². The van der Waals surface area contributed by atoms with Crippen molar-refractivity contribution in [2.45, 2.75) is 19.1 Å². The highest BCUT2D eigenvalue weighted by Crippen LogP contribution is 2.31. The molecule has 0 aliphatic carbocycles. The van der Waals surface area contributed by atoms with Gasteiger partial charge in [0.25, 0.3) is 5.56 Å². The summed E-state index contributed by atoms with van der Waals surface area (Å²) in [5.74, 6) is -2.25. The van der Waals surface area contributed by atoms with E-state index in [-0.39, 0.29) is 34.2 Å². The first-order chi connectivity index (χ1) is 14.9. The number of fused-ring (bicyclic) bond motifs is 1. The number of aliphatic hydroxyl groups excluding tert-OH is 1. The number of nitrogens with two attached hydrogens (primary N) is 1. The molecule has 0 aliphatic heterocycles. The van der Waals surface area contributed by atoms with Crippen molar-refractivity contribution in [2.75, 3.05) is 6.61 Å². The fourth-order valence-corrected chi connectivity index (χ4v) is 3.16. The Kier molecular flexibility index (Phi) is 7.65. The molecule has 0 aliphatic rings. The van der Waals surface area contributed by atoms with E-state index in [9.17, 15) is 27.6 Å². The number of carboxylic acid groups (broad SMARTS) is 1. The number of hydrogen-bond acceptors (Lipinski definition) is 4. The zero-order chi connectivity index (χ0) is 24.2. The molecule has 1 aromatic heterocycles. The first-order valence-corrected chi connectivity index (χ1v) is 9.41. The van der Waals surface area contributed by atoms with Gasteiger partial charge in [0, 0.05) is 17.0 Å². The van der Waals surface area contributed by atoms with Gasteiger partial charge in [-0.3, -0.25) is 9.59 Å².